The molecule has 0 saturated heterocycles. The second-order valence-corrected chi connectivity index (χ2v) is 19.6. The Morgan fingerprint density at radius 3 is 1.22 bits per heavy atom. The molecule has 0 aromatic heterocycles. The largest absolute Gasteiger partial charge is 0.506 e. The fraction of sp³-hybridized carbons (Fsp3) is 0.442. The molecule has 0 radical (unpaired) electrons. The van der Waals surface area contributed by atoms with Gasteiger partial charge in [-0.3, -0.25) is 0 Å². The molecule has 0 bridgehead atoms. The van der Waals surface area contributed by atoms with Crippen LogP contribution in [-0.2, 0) is 10.8 Å². The summed E-state index contributed by atoms with van der Waals surface area (Å²) >= 11 is 4.25. The normalized spacial score (nSPS) is 12.7. The number of hydrogen-bond acceptors (Lipinski definition) is 4. The predicted molar refractivity (Wildman–Crippen MR) is 222 cm³/mol. The molecule has 0 aliphatic rings. The predicted octanol–water partition coefficient (Wildman–Crippen LogP) is 13.2. The van der Waals surface area contributed by atoms with Gasteiger partial charge in [0, 0.05) is 28.7 Å². The maximum Gasteiger partial charge on any atom is 0.136 e. The van der Waals surface area contributed by atoms with Gasteiger partial charge in [0.2, 0.25) is 0 Å². The quantitative estimate of drug-likeness (QED) is 0.110. The van der Waals surface area contributed by atoms with Crippen molar-refractivity contribution in [3.63, 3.8) is 0 Å². The zero-order valence-electron chi connectivity index (χ0n) is 31.5. The molecule has 4 aromatic carbocycles. The lowest BCUT2D eigenvalue weighted by Gasteiger charge is -2.33. The van der Waals surface area contributed by atoms with Crippen molar-refractivity contribution in [3.05, 3.63) is 90.6 Å². The van der Waals surface area contributed by atoms with E-state index in [9.17, 15) is 19.0 Å². The molecule has 0 amide bonds. The maximum atomic E-state index is 14.7. The summed E-state index contributed by atoms with van der Waals surface area (Å²) in [6.45, 7) is 22.5. The van der Waals surface area contributed by atoms with Crippen molar-refractivity contribution >= 4 is 45.2 Å². The Morgan fingerprint density at radius 2 is 0.882 bits per heavy atom. The van der Waals surface area contributed by atoms with Crippen molar-refractivity contribution in [3.8, 4) is 45.3 Å². The third-order valence-corrected chi connectivity index (χ3v) is 10.5. The molecular formula is C43H52F2I2O4. The van der Waals surface area contributed by atoms with Crippen LogP contribution in [-0.4, -0.2) is 23.4 Å². The molecule has 0 fully saturated rings. The highest BCUT2D eigenvalue weighted by molar-refractivity contribution is 14.1. The van der Waals surface area contributed by atoms with Gasteiger partial charge < -0.3 is 19.7 Å². The Hall–Kier alpha value is -2.60. The van der Waals surface area contributed by atoms with Crippen LogP contribution in [0.4, 0.5) is 8.78 Å². The molecule has 4 nitrogen and oxygen atoms in total. The average Bonchev–Trinajstić information content (AvgIpc) is 2.98. The van der Waals surface area contributed by atoms with Crippen molar-refractivity contribution in [2.45, 2.75) is 99.3 Å². The first kappa shape index (κ1) is 41.2. The summed E-state index contributed by atoms with van der Waals surface area (Å²) in [5.41, 5.74) is 3.88. The molecule has 276 valence electrons. The summed E-state index contributed by atoms with van der Waals surface area (Å²) < 4.78 is 43.1. The summed E-state index contributed by atoms with van der Waals surface area (Å²) in [6, 6.07) is 16.5. The molecule has 0 aliphatic heterocycles. The van der Waals surface area contributed by atoms with Crippen LogP contribution in [0.15, 0.2) is 60.7 Å². The summed E-state index contributed by atoms with van der Waals surface area (Å²) in [6.07, 6.45) is 2.31. The highest BCUT2D eigenvalue weighted by Crippen LogP contribution is 2.46. The Labute approximate surface area is 330 Å². The summed E-state index contributed by atoms with van der Waals surface area (Å²) in [5, 5.41) is 22.3. The van der Waals surface area contributed by atoms with Crippen LogP contribution in [0.1, 0.15) is 99.6 Å². The van der Waals surface area contributed by atoms with Gasteiger partial charge in [-0.2, -0.15) is 0 Å². The van der Waals surface area contributed by atoms with E-state index in [0.717, 1.165) is 24.0 Å². The van der Waals surface area contributed by atoms with Crippen LogP contribution < -0.4 is 9.47 Å². The van der Waals surface area contributed by atoms with Gasteiger partial charge >= 0.3 is 0 Å². The summed E-state index contributed by atoms with van der Waals surface area (Å²) in [4.78, 5) is 0. The number of ether oxygens (including phenoxy) is 2. The molecule has 0 spiro atoms. The molecule has 0 aliphatic carbocycles. The first-order chi connectivity index (χ1) is 23.5. The lowest BCUT2D eigenvalue weighted by molar-refractivity contribution is 0.248. The summed E-state index contributed by atoms with van der Waals surface area (Å²) in [7, 11) is 0. The minimum Gasteiger partial charge on any atom is -0.506 e. The SMILES string of the molecule is CC(C)(C)CC(C)(C)c1cc(I)c(O)c(-c2cc(F)ccc2OCCCOc2ccc(F)cc2-c2cc(C(C)(C)CC(C)(C)C)cc(I)c2O)c1. The van der Waals surface area contributed by atoms with E-state index in [0.29, 0.717) is 47.3 Å². The topological polar surface area (TPSA) is 58.9 Å². The third-order valence-electron chi connectivity index (χ3n) is 8.90. The van der Waals surface area contributed by atoms with Gasteiger partial charge in [0.25, 0.3) is 0 Å². The summed E-state index contributed by atoms with van der Waals surface area (Å²) in [5.74, 6) is 0.202. The Morgan fingerprint density at radius 1 is 0.529 bits per heavy atom. The van der Waals surface area contributed by atoms with Crippen LogP contribution in [0.5, 0.6) is 23.0 Å². The number of phenolic OH excluding ortho intramolecular Hbond substituents is 2. The average molecular weight is 925 g/mol. The Balaban J connectivity index is 1.55. The number of phenols is 2. The molecule has 0 unspecified atom stereocenters. The van der Waals surface area contributed by atoms with Crippen molar-refractivity contribution in [2.24, 2.45) is 10.8 Å². The molecule has 4 aromatic rings. The minimum atomic E-state index is -0.429. The number of benzene rings is 4. The van der Waals surface area contributed by atoms with Crippen molar-refractivity contribution in [1.82, 2.24) is 0 Å². The van der Waals surface area contributed by atoms with E-state index in [-0.39, 0.29) is 46.4 Å². The monoisotopic (exact) mass is 924 g/mol. The maximum absolute atomic E-state index is 14.7. The van der Waals surface area contributed by atoms with Crippen LogP contribution >= 0.6 is 45.2 Å². The van der Waals surface area contributed by atoms with Crippen LogP contribution in [0, 0.1) is 29.6 Å². The van der Waals surface area contributed by atoms with Gasteiger partial charge in [0.15, 0.2) is 0 Å². The van der Waals surface area contributed by atoms with Crippen molar-refractivity contribution in [2.75, 3.05) is 13.2 Å². The molecule has 0 saturated carbocycles. The van der Waals surface area contributed by atoms with Crippen molar-refractivity contribution < 1.29 is 28.5 Å². The number of aromatic hydroxyl groups is 2. The highest BCUT2D eigenvalue weighted by Gasteiger charge is 2.31. The molecular weight excluding hydrogens is 872 g/mol. The van der Waals surface area contributed by atoms with Crippen LogP contribution in [0.3, 0.4) is 0 Å². The fourth-order valence-corrected chi connectivity index (χ4v) is 8.60. The number of halogens is 4. The van der Waals surface area contributed by atoms with Gasteiger partial charge in [0.1, 0.15) is 34.6 Å². The minimum absolute atomic E-state index is 0.0808. The molecule has 0 heterocycles. The second kappa shape index (κ2) is 15.8. The number of rotatable bonds is 12. The van der Waals surface area contributed by atoms with E-state index in [1.807, 2.05) is 24.3 Å². The van der Waals surface area contributed by atoms with E-state index >= 15 is 0 Å². The lowest BCUT2D eigenvalue weighted by atomic mass is 9.72. The molecule has 0 atom stereocenters. The third kappa shape index (κ3) is 10.7. The first-order valence-electron chi connectivity index (χ1n) is 17.4. The molecule has 8 heteroatoms. The highest BCUT2D eigenvalue weighted by atomic mass is 127. The van der Waals surface area contributed by atoms with Gasteiger partial charge in [-0.15, -0.1) is 0 Å². The number of hydrogen-bond donors (Lipinski definition) is 2. The molecule has 4 rings (SSSR count). The lowest BCUT2D eigenvalue weighted by Crippen LogP contribution is -2.25. The molecule has 51 heavy (non-hydrogen) atoms. The smallest absolute Gasteiger partial charge is 0.136 e. The van der Waals surface area contributed by atoms with Gasteiger partial charge in [-0.25, -0.2) is 8.78 Å². The zero-order chi connectivity index (χ0) is 38.1. The van der Waals surface area contributed by atoms with Gasteiger partial charge in [-0.1, -0.05) is 69.2 Å². The van der Waals surface area contributed by atoms with E-state index in [4.69, 9.17) is 9.47 Å². The van der Waals surface area contributed by atoms with Gasteiger partial charge in [-0.05, 0) is 151 Å². The van der Waals surface area contributed by atoms with Gasteiger partial charge in [0.05, 0.1) is 20.4 Å². The molecule has 2 N–H and O–H groups in total. The van der Waals surface area contributed by atoms with E-state index in [2.05, 4.69) is 114 Å². The Bertz CT molecular complexity index is 1730. The van der Waals surface area contributed by atoms with E-state index < -0.39 is 11.6 Å². The zero-order valence-corrected chi connectivity index (χ0v) is 35.8. The standard InChI is InChI=1S/C43H52F2I2O4/c1-40(2,3)24-42(7,8)26-18-32(38(48)34(46)20-26)30-22-28(44)12-14-36(30)50-16-11-17-51-37-15-13-29(45)23-31(37)33-19-27(21-35(47)39(33)49)43(9,10)25-41(4,5)6/h12-15,18-23,48-49H,11,16-17,24-25H2,1-10H3. The van der Waals surface area contributed by atoms with Crippen molar-refractivity contribution in [1.29, 1.82) is 0 Å². The van der Waals surface area contributed by atoms with Crippen LogP contribution in [0.25, 0.3) is 22.3 Å². The fourth-order valence-electron chi connectivity index (χ4n) is 7.35. The van der Waals surface area contributed by atoms with Crippen LogP contribution in [0.2, 0.25) is 0 Å². The Kier molecular flexibility index (Phi) is 12.7. The van der Waals surface area contributed by atoms with E-state index in [1.54, 1.807) is 12.1 Å². The second-order valence-electron chi connectivity index (χ2n) is 17.3. The first-order valence-corrected chi connectivity index (χ1v) is 19.5. The van der Waals surface area contributed by atoms with E-state index in [1.165, 1.54) is 24.3 Å².